The molecular weight excluding hydrogens is 316 g/mol. The minimum Gasteiger partial charge on any atom is -0.385 e. The summed E-state index contributed by atoms with van der Waals surface area (Å²) in [5, 5.41) is 15.9. The summed E-state index contributed by atoms with van der Waals surface area (Å²) in [4.78, 5) is 14.4. The van der Waals surface area contributed by atoms with E-state index in [2.05, 4.69) is 27.7 Å². The normalized spacial score (nSPS) is 16.5. The first-order chi connectivity index (χ1) is 12.1. The Morgan fingerprint density at radius 2 is 1.92 bits per heavy atom. The van der Waals surface area contributed by atoms with Crippen LogP contribution in [0.4, 0.5) is 10.5 Å². The van der Waals surface area contributed by atoms with E-state index in [0.717, 1.165) is 31.6 Å². The monoisotopic (exact) mass is 342 g/mol. The molecule has 2 heterocycles. The van der Waals surface area contributed by atoms with E-state index in [-0.39, 0.29) is 18.6 Å². The van der Waals surface area contributed by atoms with Gasteiger partial charge in [-0.2, -0.15) is 0 Å². The molecule has 0 saturated carbocycles. The highest BCUT2D eigenvalue weighted by atomic mass is 16.3. The van der Waals surface area contributed by atoms with E-state index in [4.69, 9.17) is 0 Å². The van der Waals surface area contributed by atoms with Crippen molar-refractivity contribution >= 4 is 11.7 Å². The van der Waals surface area contributed by atoms with E-state index in [1.807, 2.05) is 48.1 Å². The number of aliphatic hydroxyl groups excluding tert-OH is 1. The smallest absolute Gasteiger partial charge is 0.315 e. The lowest BCUT2D eigenvalue weighted by Gasteiger charge is -2.34. The summed E-state index contributed by atoms with van der Waals surface area (Å²) in [5.74, 6) is 0. The van der Waals surface area contributed by atoms with Crippen LogP contribution in [0.1, 0.15) is 24.6 Å². The number of piperidine rings is 1. The minimum absolute atomic E-state index is 0.173. The Kier molecular flexibility index (Phi) is 5.60. The number of carbonyl (C=O) groups is 1. The van der Waals surface area contributed by atoms with E-state index >= 15 is 0 Å². The average Bonchev–Trinajstić information content (AvgIpc) is 3.07. The standard InChI is InChI=1S/C19H26N4O2/c1-22-11-5-8-17(22)18(24)14-20-19(25)21-15-9-12-23(13-10-15)16-6-3-2-4-7-16/h2-8,11,15,18,24H,9-10,12-14H2,1H3,(H2,20,21,25)/t18-/m1/s1. The first-order valence-corrected chi connectivity index (χ1v) is 8.77. The lowest BCUT2D eigenvalue weighted by atomic mass is 10.0. The molecule has 1 aromatic carbocycles. The molecule has 1 atom stereocenters. The van der Waals surface area contributed by atoms with Crippen LogP contribution < -0.4 is 15.5 Å². The molecule has 1 aliphatic heterocycles. The highest BCUT2D eigenvalue weighted by Crippen LogP contribution is 2.19. The highest BCUT2D eigenvalue weighted by molar-refractivity contribution is 5.74. The van der Waals surface area contributed by atoms with Gasteiger partial charge in [0.1, 0.15) is 6.10 Å². The molecule has 0 unspecified atom stereocenters. The molecular formula is C19H26N4O2. The number of benzene rings is 1. The molecule has 134 valence electrons. The highest BCUT2D eigenvalue weighted by Gasteiger charge is 2.21. The van der Waals surface area contributed by atoms with E-state index in [9.17, 15) is 9.90 Å². The van der Waals surface area contributed by atoms with Gasteiger partial charge in [0.2, 0.25) is 0 Å². The molecule has 6 nitrogen and oxygen atoms in total. The fourth-order valence-corrected chi connectivity index (χ4v) is 3.27. The SMILES string of the molecule is Cn1cccc1[C@H](O)CNC(=O)NC1CCN(c2ccccc2)CC1. The maximum Gasteiger partial charge on any atom is 0.315 e. The molecule has 6 heteroatoms. The zero-order valence-electron chi connectivity index (χ0n) is 14.6. The third kappa shape index (κ3) is 4.54. The molecule has 3 rings (SSSR count). The number of amides is 2. The van der Waals surface area contributed by atoms with E-state index in [1.165, 1.54) is 5.69 Å². The molecule has 0 spiro atoms. The molecule has 0 aliphatic carbocycles. The zero-order valence-corrected chi connectivity index (χ0v) is 14.6. The number of carbonyl (C=O) groups excluding carboxylic acids is 1. The van der Waals surface area contributed by atoms with Crippen LogP contribution in [0.3, 0.4) is 0 Å². The number of hydrogen-bond acceptors (Lipinski definition) is 3. The Labute approximate surface area is 148 Å². The minimum atomic E-state index is -0.703. The predicted molar refractivity (Wildman–Crippen MR) is 98.6 cm³/mol. The van der Waals surface area contributed by atoms with Crippen LogP contribution in [0.25, 0.3) is 0 Å². The maximum absolute atomic E-state index is 12.1. The van der Waals surface area contributed by atoms with Gasteiger partial charge in [-0.05, 0) is 37.1 Å². The molecule has 3 N–H and O–H groups in total. The van der Waals surface area contributed by atoms with E-state index in [1.54, 1.807) is 0 Å². The maximum atomic E-state index is 12.1. The van der Waals surface area contributed by atoms with Gasteiger partial charge in [-0.25, -0.2) is 4.79 Å². The van der Waals surface area contributed by atoms with Gasteiger partial charge in [-0.1, -0.05) is 18.2 Å². The Hall–Kier alpha value is -2.47. The van der Waals surface area contributed by atoms with E-state index < -0.39 is 6.10 Å². The molecule has 1 aliphatic rings. The average molecular weight is 342 g/mol. The number of rotatable bonds is 5. The first kappa shape index (κ1) is 17.4. The molecule has 2 aromatic rings. The van der Waals surface area contributed by atoms with Gasteiger partial charge in [0.25, 0.3) is 0 Å². The van der Waals surface area contributed by atoms with Crippen LogP contribution in [0.5, 0.6) is 0 Å². The number of hydrogen-bond donors (Lipinski definition) is 3. The lowest BCUT2D eigenvalue weighted by molar-refractivity contribution is 0.165. The van der Waals surface area contributed by atoms with Crippen molar-refractivity contribution in [3.63, 3.8) is 0 Å². The Balaban J connectivity index is 1.40. The fraction of sp³-hybridized carbons (Fsp3) is 0.421. The second kappa shape index (κ2) is 8.07. The van der Waals surface area contributed by atoms with Crippen molar-refractivity contribution in [2.24, 2.45) is 7.05 Å². The largest absolute Gasteiger partial charge is 0.385 e. The van der Waals surface area contributed by atoms with Crippen molar-refractivity contribution in [3.05, 3.63) is 54.4 Å². The van der Waals surface area contributed by atoms with Crippen molar-refractivity contribution in [2.75, 3.05) is 24.5 Å². The van der Waals surface area contributed by atoms with Crippen molar-refractivity contribution in [1.29, 1.82) is 0 Å². The summed E-state index contributed by atoms with van der Waals surface area (Å²) in [7, 11) is 1.87. The number of nitrogens with zero attached hydrogens (tertiary/aromatic N) is 2. The third-order valence-electron chi connectivity index (χ3n) is 4.73. The van der Waals surface area contributed by atoms with Crippen molar-refractivity contribution < 1.29 is 9.90 Å². The molecule has 1 aromatic heterocycles. The van der Waals surface area contributed by atoms with Crippen molar-refractivity contribution in [3.8, 4) is 0 Å². The van der Waals surface area contributed by atoms with E-state index in [0.29, 0.717) is 0 Å². The van der Waals surface area contributed by atoms with Gasteiger partial charge in [-0.15, -0.1) is 0 Å². The van der Waals surface area contributed by atoms with Gasteiger partial charge in [-0.3, -0.25) is 0 Å². The lowest BCUT2D eigenvalue weighted by Crippen LogP contribution is -2.48. The number of aliphatic hydroxyl groups is 1. The molecule has 1 saturated heterocycles. The van der Waals surface area contributed by atoms with Gasteiger partial charge in [0.05, 0.1) is 6.54 Å². The third-order valence-corrected chi connectivity index (χ3v) is 4.73. The quantitative estimate of drug-likeness (QED) is 0.779. The number of nitrogens with one attached hydrogen (secondary N) is 2. The van der Waals surface area contributed by atoms with Crippen LogP contribution in [-0.2, 0) is 7.05 Å². The molecule has 1 fully saturated rings. The number of aryl methyl sites for hydroxylation is 1. The summed E-state index contributed by atoms with van der Waals surface area (Å²) in [6.07, 6.45) is 3.01. The van der Waals surface area contributed by atoms with Gasteiger partial charge in [0.15, 0.2) is 0 Å². The summed E-state index contributed by atoms with van der Waals surface area (Å²) in [6, 6.07) is 14.0. The second-order valence-electron chi connectivity index (χ2n) is 6.51. The zero-order chi connectivity index (χ0) is 17.6. The fourth-order valence-electron chi connectivity index (χ4n) is 3.27. The van der Waals surface area contributed by atoms with Gasteiger partial charge < -0.3 is 25.2 Å². The number of urea groups is 1. The van der Waals surface area contributed by atoms with Crippen LogP contribution in [0, 0.1) is 0 Å². The first-order valence-electron chi connectivity index (χ1n) is 8.77. The predicted octanol–water partition coefficient (Wildman–Crippen LogP) is 2.03. The molecule has 0 bridgehead atoms. The number of para-hydroxylation sites is 1. The number of anilines is 1. The molecule has 2 amide bonds. The van der Waals surface area contributed by atoms with Crippen molar-refractivity contribution in [2.45, 2.75) is 25.0 Å². The summed E-state index contributed by atoms with van der Waals surface area (Å²) < 4.78 is 1.85. The summed E-state index contributed by atoms with van der Waals surface area (Å²) in [6.45, 7) is 2.06. The summed E-state index contributed by atoms with van der Waals surface area (Å²) >= 11 is 0. The van der Waals surface area contributed by atoms with Gasteiger partial charge in [0, 0.05) is 43.8 Å². The Morgan fingerprint density at radius 1 is 1.20 bits per heavy atom. The van der Waals surface area contributed by atoms with Crippen LogP contribution in [-0.4, -0.2) is 41.4 Å². The van der Waals surface area contributed by atoms with Crippen LogP contribution in [0.15, 0.2) is 48.7 Å². The van der Waals surface area contributed by atoms with Crippen LogP contribution in [0.2, 0.25) is 0 Å². The van der Waals surface area contributed by atoms with Crippen molar-refractivity contribution in [1.82, 2.24) is 15.2 Å². The summed E-state index contributed by atoms with van der Waals surface area (Å²) in [5.41, 5.74) is 2.02. The molecule has 25 heavy (non-hydrogen) atoms. The number of aromatic nitrogens is 1. The second-order valence-corrected chi connectivity index (χ2v) is 6.51. The molecule has 0 radical (unpaired) electrons. The Morgan fingerprint density at radius 3 is 2.56 bits per heavy atom. The van der Waals surface area contributed by atoms with Crippen LogP contribution >= 0.6 is 0 Å². The Bertz CT molecular complexity index is 678. The van der Waals surface area contributed by atoms with Gasteiger partial charge >= 0.3 is 6.03 Å². The topological polar surface area (TPSA) is 69.5 Å².